The van der Waals surface area contributed by atoms with Crippen molar-refractivity contribution < 1.29 is 18.0 Å². The minimum atomic E-state index is -3.35. The SMILES string of the molecule is CC(C)(C/C=C/S(=O)(=O)C(C)(C)C)C(=O)/C=C\CC(C)(C)C(=O)C1=CCCC1. The van der Waals surface area contributed by atoms with Gasteiger partial charge in [0.05, 0.1) is 4.75 Å². The molecule has 28 heavy (non-hydrogen) atoms. The van der Waals surface area contributed by atoms with E-state index in [0.717, 1.165) is 24.8 Å². The van der Waals surface area contributed by atoms with Crippen LogP contribution in [0.1, 0.15) is 80.6 Å². The van der Waals surface area contributed by atoms with Gasteiger partial charge in [-0.1, -0.05) is 45.9 Å². The number of carbonyl (C=O) groups is 2. The van der Waals surface area contributed by atoms with Crippen molar-refractivity contribution in [3.63, 3.8) is 0 Å². The summed E-state index contributed by atoms with van der Waals surface area (Å²) in [7, 11) is -3.35. The smallest absolute Gasteiger partial charge is 0.176 e. The Morgan fingerprint density at radius 2 is 1.54 bits per heavy atom. The molecule has 158 valence electrons. The summed E-state index contributed by atoms with van der Waals surface area (Å²) in [5.41, 5.74) is -0.324. The first-order chi connectivity index (χ1) is 12.6. The van der Waals surface area contributed by atoms with E-state index in [2.05, 4.69) is 0 Å². The Hall–Kier alpha value is -1.49. The van der Waals surface area contributed by atoms with E-state index in [0.29, 0.717) is 12.8 Å². The van der Waals surface area contributed by atoms with Crippen molar-refractivity contribution in [2.75, 3.05) is 0 Å². The Kier molecular flexibility index (Phi) is 7.80. The number of Topliss-reactive ketones (excluding diaryl/α,β-unsaturated/α-hetero) is 1. The van der Waals surface area contributed by atoms with Crippen molar-refractivity contribution in [3.05, 3.63) is 35.3 Å². The van der Waals surface area contributed by atoms with E-state index in [-0.39, 0.29) is 11.6 Å². The molecule has 0 fully saturated rings. The maximum absolute atomic E-state index is 12.6. The lowest BCUT2D eigenvalue weighted by molar-refractivity contribution is -0.123. The average molecular weight is 409 g/mol. The Labute approximate surface area is 171 Å². The minimum Gasteiger partial charge on any atom is -0.294 e. The van der Waals surface area contributed by atoms with Crippen molar-refractivity contribution in [2.45, 2.75) is 85.3 Å². The normalized spacial score (nSPS) is 16.8. The molecule has 0 amide bonds. The highest BCUT2D eigenvalue weighted by atomic mass is 32.2. The van der Waals surface area contributed by atoms with E-state index in [9.17, 15) is 18.0 Å². The molecule has 1 aliphatic rings. The molecule has 0 aliphatic heterocycles. The van der Waals surface area contributed by atoms with Gasteiger partial charge in [0.2, 0.25) is 0 Å². The molecule has 0 aromatic carbocycles. The van der Waals surface area contributed by atoms with Crippen LogP contribution in [0.15, 0.2) is 35.3 Å². The molecule has 0 spiro atoms. The summed E-state index contributed by atoms with van der Waals surface area (Å²) < 4.78 is 23.4. The van der Waals surface area contributed by atoms with Crippen LogP contribution in [0, 0.1) is 10.8 Å². The fourth-order valence-electron chi connectivity index (χ4n) is 2.86. The molecule has 0 saturated heterocycles. The summed E-state index contributed by atoms with van der Waals surface area (Å²) in [5, 5.41) is 1.21. The monoisotopic (exact) mass is 408 g/mol. The number of sulfone groups is 1. The Bertz CT molecular complexity index is 785. The van der Waals surface area contributed by atoms with Crippen molar-refractivity contribution in [2.24, 2.45) is 10.8 Å². The molecular weight excluding hydrogens is 372 g/mol. The van der Waals surface area contributed by atoms with Gasteiger partial charge >= 0.3 is 0 Å². The summed E-state index contributed by atoms with van der Waals surface area (Å²) in [6.45, 7) is 12.4. The van der Waals surface area contributed by atoms with Gasteiger partial charge < -0.3 is 0 Å². The third-order valence-corrected chi connectivity index (χ3v) is 7.53. The van der Waals surface area contributed by atoms with Crippen molar-refractivity contribution in [3.8, 4) is 0 Å². The minimum absolute atomic E-state index is 0.0753. The van der Waals surface area contributed by atoms with Crippen LogP contribution in [-0.2, 0) is 19.4 Å². The second kappa shape index (κ2) is 8.89. The molecule has 0 atom stereocenters. The number of ketones is 2. The number of allylic oxidation sites excluding steroid dienone is 5. The highest BCUT2D eigenvalue weighted by molar-refractivity contribution is 7.95. The molecule has 0 N–H and O–H groups in total. The molecule has 1 aliphatic carbocycles. The Morgan fingerprint density at radius 3 is 2.04 bits per heavy atom. The lowest BCUT2D eigenvalue weighted by atomic mass is 9.80. The average Bonchev–Trinajstić information content (AvgIpc) is 3.06. The van der Waals surface area contributed by atoms with Crippen LogP contribution < -0.4 is 0 Å². The van der Waals surface area contributed by atoms with Gasteiger partial charge in [0.1, 0.15) is 0 Å². The number of hydrogen-bond acceptors (Lipinski definition) is 4. The first-order valence-corrected chi connectivity index (χ1v) is 11.5. The zero-order valence-electron chi connectivity index (χ0n) is 18.5. The predicted molar refractivity (Wildman–Crippen MR) is 116 cm³/mol. The van der Waals surface area contributed by atoms with Gasteiger partial charge in [-0.05, 0) is 64.5 Å². The molecule has 5 heteroatoms. The zero-order valence-corrected chi connectivity index (χ0v) is 19.3. The van der Waals surface area contributed by atoms with Gasteiger partial charge in [0, 0.05) is 16.2 Å². The van der Waals surface area contributed by atoms with Crippen molar-refractivity contribution in [1.29, 1.82) is 0 Å². The van der Waals surface area contributed by atoms with Gasteiger partial charge in [-0.2, -0.15) is 0 Å². The first kappa shape index (κ1) is 24.5. The number of rotatable bonds is 9. The number of carbonyl (C=O) groups excluding carboxylic acids is 2. The van der Waals surface area contributed by atoms with E-state index in [1.165, 1.54) is 11.5 Å². The maximum Gasteiger partial charge on any atom is 0.176 e. The van der Waals surface area contributed by atoms with Gasteiger partial charge in [-0.15, -0.1) is 0 Å². The van der Waals surface area contributed by atoms with Gasteiger partial charge in [0.15, 0.2) is 21.4 Å². The fourth-order valence-corrected chi connectivity index (χ4v) is 3.62. The second-order valence-corrected chi connectivity index (χ2v) is 12.5. The summed E-state index contributed by atoms with van der Waals surface area (Å²) in [5.74, 6) is 0.0883. The molecule has 0 radical (unpaired) electrons. The van der Waals surface area contributed by atoms with Crippen LogP contribution >= 0.6 is 0 Å². The quantitative estimate of drug-likeness (QED) is 0.482. The third-order valence-electron chi connectivity index (χ3n) is 5.27. The van der Waals surface area contributed by atoms with Crippen LogP contribution in [0.4, 0.5) is 0 Å². The predicted octanol–water partition coefficient (Wildman–Crippen LogP) is 5.35. The highest BCUT2D eigenvalue weighted by Crippen LogP contribution is 2.31. The van der Waals surface area contributed by atoms with Crippen LogP contribution in [-0.4, -0.2) is 24.7 Å². The standard InChI is InChI=1S/C23H36O4S/c1-21(2,3)28(26,27)17-11-16-22(4,5)19(24)14-10-15-23(6,7)20(25)18-12-8-9-13-18/h10-12,14,17H,8-9,13,15-16H2,1-7H3/b14-10-,17-11+. The molecule has 1 rings (SSSR count). The van der Waals surface area contributed by atoms with Crippen molar-refractivity contribution in [1.82, 2.24) is 0 Å². The molecular formula is C23H36O4S. The van der Waals surface area contributed by atoms with E-state index in [4.69, 9.17) is 0 Å². The molecule has 0 aromatic rings. The molecule has 0 heterocycles. The van der Waals surface area contributed by atoms with E-state index in [1.807, 2.05) is 19.9 Å². The lowest BCUT2D eigenvalue weighted by Gasteiger charge is -2.23. The van der Waals surface area contributed by atoms with Gasteiger partial charge in [0.25, 0.3) is 0 Å². The third kappa shape index (κ3) is 6.54. The van der Waals surface area contributed by atoms with Gasteiger partial charge in [-0.3, -0.25) is 9.59 Å². The molecule has 0 saturated carbocycles. The van der Waals surface area contributed by atoms with E-state index >= 15 is 0 Å². The van der Waals surface area contributed by atoms with Crippen LogP contribution in [0.5, 0.6) is 0 Å². The van der Waals surface area contributed by atoms with Crippen LogP contribution in [0.2, 0.25) is 0 Å². The summed E-state index contributed by atoms with van der Waals surface area (Å²) in [4.78, 5) is 25.2. The topological polar surface area (TPSA) is 68.3 Å². The first-order valence-electron chi connectivity index (χ1n) is 9.96. The van der Waals surface area contributed by atoms with E-state index in [1.54, 1.807) is 46.8 Å². The van der Waals surface area contributed by atoms with E-state index < -0.39 is 25.4 Å². The maximum atomic E-state index is 12.6. The zero-order chi connectivity index (χ0) is 21.8. The molecule has 4 nitrogen and oxygen atoms in total. The van der Waals surface area contributed by atoms with Crippen LogP contribution in [0.25, 0.3) is 0 Å². The molecule has 0 bridgehead atoms. The fraction of sp³-hybridized carbons (Fsp3) is 0.652. The van der Waals surface area contributed by atoms with Gasteiger partial charge in [-0.25, -0.2) is 8.42 Å². The molecule has 0 unspecified atom stereocenters. The summed E-state index contributed by atoms with van der Waals surface area (Å²) >= 11 is 0. The van der Waals surface area contributed by atoms with Crippen molar-refractivity contribution >= 4 is 21.4 Å². The lowest BCUT2D eigenvalue weighted by Crippen LogP contribution is -2.26. The largest absolute Gasteiger partial charge is 0.294 e. The van der Waals surface area contributed by atoms with Crippen LogP contribution in [0.3, 0.4) is 0 Å². The second-order valence-electron chi connectivity index (χ2n) is 9.92. The Balaban J connectivity index is 2.70. The Morgan fingerprint density at radius 1 is 0.964 bits per heavy atom. The summed E-state index contributed by atoms with van der Waals surface area (Å²) in [6, 6.07) is 0. The molecule has 0 aromatic heterocycles. The highest BCUT2D eigenvalue weighted by Gasteiger charge is 2.31. The number of hydrogen-bond donors (Lipinski definition) is 0. The summed E-state index contributed by atoms with van der Waals surface area (Å²) in [6.07, 6.45) is 10.6.